The SMILES string of the molecule is CCc1nn(CC)c(COc2ccc(N)cc2Cl)c1Br. The predicted molar refractivity (Wildman–Crippen MR) is 85.2 cm³/mol. The standard InChI is InChI=1S/C14H17BrClN3O/c1-3-11-14(15)12(19(4-2)18-11)8-20-13-6-5-9(17)7-10(13)16/h5-7H,3-4,8,17H2,1-2H3. The van der Waals surface area contributed by atoms with Gasteiger partial charge < -0.3 is 10.5 Å². The average Bonchev–Trinajstić information content (AvgIpc) is 2.74. The number of aromatic nitrogens is 2. The molecule has 20 heavy (non-hydrogen) atoms. The molecule has 0 radical (unpaired) electrons. The molecule has 0 spiro atoms. The van der Waals surface area contributed by atoms with Crippen molar-refractivity contribution in [2.75, 3.05) is 5.73 Å². The zero-order valence-corrected chi connectivity index (χ0v) is 13.8. The van der Waals surface area contributed by atoms with E-state index in [1.165, 1.54) is 0 Å². The second-order valence-electron chi connectivity index (χ2n) is 4.36. The number of benzene rings is 1. The fourth-order valence-electron chi connectivity index (χ4n) is 1.94. The minimum atomic E-state index is 0.408. The quantitative estimate of drug-likeness (QED) is 0.821. The Kier molecular flexibility index (Phi) is 4.94. The van der Waals surface area contributed by atoms with Crippen molar-refractivity contribution in [3.05, 3.63) is 39.1 Å². The topological polar surface area (TPSA) is 53.1 Å². The Labute approximate surface area is 132 Å². The van der Waals surface area contributed by atoms with Gasteiger partial charge in [0.1, 0.15) is 12.4 Å². The largest absolute Gasteiger partial charge is 0.486 e. The molecule has 0 unspecified atom stereocenters. The zero-order chi connectivity index (χ0) is 14.7. The molecule has 1 heterocycles. The number of hydrogen-bond donors (Lipinski definition) is 1. The van der Waals surface area contributed by atoms with Gasteiger partial charge in [0.25, 0.3) is 0 Å². The molecule has 4 nitrogen and oxygen atoms in total. The Morgan fingerprint density at radius 1 is 1.40 bits per heavy atom. The number of anilines is 1. The predicted octanol–water partition coefficient (Wildman–Crippen LogP) is 4.04. The molecular weight excluding hydrogens is 342 g/mol. The summed E-state index contributed by atoms with van der Waals surface area (Å²) < 4.78 is 8.73. The van der Waals surface area contributed by atoms with Crippen LogP contribution in [0.5, 0.6) is 5.75 Å². The van der Waals surface area contributed by atoms with E-state index in [4.69, 9.17) is 22.1 Å². The maximum Gasteiger partial charge on any atom is 0.138 e. The molecule has 0 atom stereocenters. The van der Waals surface area contributed by atoms with E-state index >= 15 is 0 Å². The van der Waals surface area contributed by atoms with Crippen molar-refractivity contribution in [3.63, 3.8) is 0 Å². The van der Waals surface area contributed by atoms with Gasteiger partial charge in [0.15, 0.2) is 0 Å². The Hall–Kier alpha value is -1.20. The number of hydrogen-bond acceptors (Lipinski definition) is 3. The van der Waals surface area contributed by atoms with Gasteiger partial charge in [-0.05, 0) is 47.5 Å². The lowest BCUT2D eigenvalue weighted by Crippen LogP contribution is -2.07. The van der Waals surface area contributed by atoms with Gasteiger partial charge in [-0.3, -0.25) is 4.68 Å². The maximum absolute atomic E-state index is 6.10. The summed E-state index contributed by atoms with van der Waals surface area (Å²) in [6, 6.07) is 5.23. The van der Waals surface area contributed by atoms with E-state index in [-0.39, 0.29) is 0 Å². The van der Waals surface area contributed by atoms with Crippen molar-refractivity contribution in [1.29, 1.82) is 0 Å². The monoisotopic (exact) mass is 357 g/mol. The molecule has 0 saturated heterocycles. The number of ether oxygens (including phenoxy) is 1. The molecule has 0 aliphatic heterocycles. The van der Waals surface area contributed by atoms with Crippen molar-refractivity contribution in [2.45, 2.75) is 33.4 Å². The maximum atomic E-state index is 6.10. The fraction of sp³-hybridized carbons (Fsp3) is 0.357. The van der Waals surface area contributed by atoms with Crippen molar-refractivity contribution >= 4 is 33.2 Å². The Balaban J connectivity index is 2.20. The summed E-state index contributed by atoms with van der Waals surface area (Å²) in [5, 5.41) is 5.05. The first-order chi connectivity index (χ1) is 9.56. The summed E-state index contributed by atoms with van der Waals surface area (Å²) in [6.45, 7) is 5.34. The third kappa shape index (κ3) is 3.10. The zero-order valence-electron chi connectivity index (χ0n) is 11.5. The number of nitrogens with zero attached hydrogens (tertiary/aromatic N) is 2. The Morgan fingerprint density at radius 3 is 2.75 bits per heavy atom. The molecule has 6 heteroatoms. The first-order valence-corrected chi connectivity index (χ1v) is 7.65. The molecule has 0 fully saturated rings. The molecule has 2 rings (SSSR count). The molecule has 2 aromatic rings. The molecule has 1 aromatic heterocycles. The molecule has 0 bridgehead atoms. The summed E-state index contributed by atoms with van der Waals surface area (Å²) in [6.07, 6.45) is 0.878. The number of rotatable bonds is 5. The van der Waals surface area contributed by atoms with Gasteiger partial charge in [-0.25, -0.2) is 0 Å². The fourth-order valence-corrected chi connectivity index (χ4v) is 2.86. The van der Waals surface area contributed by atoms with Gasteiger partial charge in [0.05, 0.1) is 20.9 Å². The number of nitrogen functional groups attached to an aromatic ring is 1. The lowest BCUT2D eigenvalue weighted by molar-refractivity contribution is 0.292. The summed E-state index contributed by atoms with van der Waals surface area (Å²) in [5.74, 6) is 0.620. The smallest absolute Gasteiger partial charge is 0.138 e. The van der Waals surface area contributed by atoms with Gasteiger partial charge in [0.2, 0.25) is 0 Å². The van der Waals surface area contributed by atoms with E-state index in [0.29, 0.717) is 23.1 Å². The van der Waals surface area contributed by atoms with Crippen LogP contribution in [0.3, 0.4) is 0 Å². The molecule has 0 aliphatic carbocycles. The summed E-state index contributed by atoms with van der Waals surface area (Å²) in [5.41, 5.74) is 8.33. The van der Waals surface area contributed by atoms with Crippen LogP contribution in [0.15, 0.2) is 22.7 Å². The van der Waals surface area contributed by atoms with Crippen LogP contribution in [0.25, 0.3) is 0 Å². The van der Waals surface area contributed by atoms with Crippen molar-refractivity contribution < 1.29 is 4.74 Å². The molecule has 108 valence electrons. The third-order valence-electron chi connectivity index (χ3n) is 3.01. The van der Waals surface area contributed by atoms with Crippen molar-refractivity contribution in [3.8, 4) is 5.75 Å². The number of nitrogens with two attached hydrogens (primary N) is 1. The highest BCUT2D eigenvalue weighted by atomic mass is 79.9. The second-order valence-corrected chi connectivity index (χ2v) is 5.56. The van der Waals surface area contributed by atoms with Gasteiger partial charge in [-0.15, -0.1) is 0 Å². The van der Waals surface area contributed by atoms with Crippen LogP contribution < -0.4 is 10.5 Å². The van der Waals surface area contributed by atoms with E-state index in [0.717, 1.165) is 28.8 Å². The van der Waals surface area contributed by atoms with Gasteiger partial charge in [-0.1, -0.05) is 18.5 Å². The van der Waals surface area contributed by atoms with Crippen LogP contribution >= 0.6 is 27.5 Å². The third-order valence-corrected chi connectivity index (χ3v) is 4.23. The molecule has 0 amide bonds. The number of aryl methyl sites for hydroxylation is 2. The first kappa shape index (κ1) is 15.2. The second kappa shape index (κ2) is 6.50. The van der Waals surface area contributed by atoms with E-state index < -0.39 is 0 Å². The molecule has 2 N–H and O–H groups in total. The average molecular weight is 359 g/mol. The minimum absolute atomic E-state index is 0.408. The normalized spacial score (nSPS) is 10.8. The first-order valence-electron chi connectivity index (χ1n) is 6.48. The van der Waals surface area contributed by atoms with Crippen molar-refractivity contribution in [2.24, 2.45) is 0 Å². The van der Waals surface area contributed by atoms with Crippen LogP contribution in [-0.4, -0.2) is 9.78 Å². The lowest BCUT2D eigenvalue weighted by atomic mass is 10.3. The summed E-state index contributed by atoms with van der Waals surface area (Å²) >= 11 is 9.69. The molecule has 1 aromatic carbocycles. The van der Waals surface area contributed by atoms with Gasteiger partial charge in [0, 0.05) is 12.2 Å². The van der Waals surface area contributed by atoms with E-state index in [1.807, 2.05) is 4.68 Å². The highest BCUT2D eigenvalue weighted by Gasteiger charge is 2.14. The molecule has 0 aliphatic rings. The van der Waals surface area contributed by atoms with Crippen LogP contribution in [0.4, 0.5) is 5.69 Å². The Bertz CT molecular complexity index is 613. The lowest BCUT2D eigenvalue weighted by Gasteiger charge is -2.10. The van der Waals surface area contributed by atoms with E-state index in [9.17, 15) is 0 Å². The highest BCUT2D eigenvalue weighted by Crippen LogP contribution is 2.29. The van der Waals surface area contributed by atoms with E-state index in [1.54, 1.807) is 18.2 Å². The molecule has 0 saturated carbocycles. The molecular formula is C14H17BrClN3O. The summed E-state index contributed by atoms with van der Waals surface area (Å²) in [4.78, 5) is 0. The van der Waals surface area contributed by atoms with Crippen LogP contribution in [-0.2, 0) is 19.6 Å². The van der Waals surface area contributed by atoms with Crippen LogP contribution in [0, 0.1) is 0 Å². The number of halogens is 2. The van der Waals surface area contributed by atoms with Crippen LogP contribution in [0.1, 0.15) is 25.2 Å². The Morgan fingerprint density at radius 2 is 2.15 bits per heavy atom. The van der Waals surface area contributed by atoms with E-state index in [2.05, 4.69) is 34.9 Å². The summed E-state index contributed by atoms with van der Waals surface area (Å²) in [7, 11) is 0. The van der Waals surface area contributed by atoms with Crippen LogP contribution in [0.2, 0.25) is 5.02 Å². The van der Waals surface area contributed by atoms with Gasteiger partial charge in [-0.2, -0.15) is 5.10 Å². The highest BCUT2D eigenvalue weighted by molar-refractivity contribution is 9.10. The minimum Gasteiger partial charge on any atom is -0.486 e. The van der Waals surface area contributed by atoms with Gasteiger partial charge >= 0.3 is 0 Å². The van der Waals surface area contributed by atoms with Crippen molar-refractivity contribution in [1.82, 2.24) is 9.78 Å².